The van der Waals surface area contributed by atoms with Gasteiger partial charge in [-0.05, 0) is 6.92 Å². The molecule has 1 unspecified atom stereocenters. The first-order valence-electron chi connectivity index (χ1n) is 2.93. The average Bonchev–Trinajstić information content (AvgIpc) is 2.15. The lowest BCUT2D eigenvalue weighted by Gasteiger charge is -1.98. The fraction of sp³-hybridized carbons (Fsp3) is 0.500. The van der Waals surface area contributed by atoms with Crippen LogP contribution in [-0.2, 0) is 6.42 Å². The van der Waals surface area contributed by atoms with Crippen molar-refractivity contribution in [1.29, 1.82) is 0 Å². The normalized spacial score (nSPS) is 13.6. The van der Waals surface area contributed by atoms with Gasteiger partial charge in [-0.25, -0.2) is 4.98 Å². The van der Waals surface area contributed by atoms with Crippen LogP contribution in [0.5, 0.6) is 0 Å². The van der Waals surface area contributed by atoms with E-state index in [-0.39, 0.29) is 6.04 Å². The highest BCUT2D eigenvalue weighted by Gasteiger charge is 1.97. The summed E-state index contributed by atoms with van der Waals surface area (Å²) in [5, 5.41) is 3.10. The second-order valence-corrected chi connectivity index (χ2v) is 3.09. The van der Waals surface area contributed by atoms with Crippen LogP contribution in [0.4, 0.5) is 0 Å². The van der Waals surface area contributed by atoms with E-state index in [0.29, 0.717) is 0 Å². The molecule has 0 saturated carbocycles. The molecule has 0 aliphatic rings. The minimum Gasteiger partial charge on any atom is -0.328 e. The minimum absolute atomic E-state index is 0.233. The molecule has 2 N–H and O–H groups in total. The van der Waals surface area contributed by atoms with Crippen molar-refractivity contribution in [1.82, 2.24) is 4.98 Å². The molecule has 3 heteroatoms. The highest BCUT2D eigenvalue weighted by molar-refractivity contribution is 7.09. The summed E-state index contributed by atoms with van der Waals surface area (Å²) in [4.78, 5) is 4.09. The summed E-state index contributed by atoms with van der Waals surface area (Å²) >= 11 is 1.66. The van der Waals surface area contributed by atoms with Crippen molar-refractivity contribution in [3.05, 3.63) is 16.6 Å². The summed E-state index contributed by atoms with van der Waals surface area (Å²) in [5.74, 6) is 0. The van der Waals surface area contributed by atoms with Crippen molar-refractivity contribution in [2.45, 2.75) is 19.4 Å². The molecule has 0 radical (unpaired) electrons. The number of hydrogen-bond donors (Lipinski definition) is 1. The molecule has 0 fully saturated rings. The van der Waals surface area contributed by atoms with Gasteiger partial charge < -0.3 is 5.73 Å². The van der Waals surface area contributed by atoms with E-state index in [2.05, 4.69) is 4.98 Å². The number of rotatable bonds is 2. The Kier molecular flexibility index (Phi) is 2.19. The summed E-state index contributed by atoms with van der Waals surface area (Å²) in [5.41, 5.74) is 5.55. The van der Waals surface area contributed by atoms with E-state index >= 15 is 0 Å². The second-order valence-electron chi connectivity index (χ2n) is 2.11. The smallest absolute Gasteiger partial charge is 0.0940 e. The van der Waals surface area contributed by atoms with E-state index in [4.69, 9.17) is 5.73 Å². The van der Waals surface area contributed by atoms with E-state index in [0.717, 1.165) is 11.4 Å². The average molecular weight is 142 g/mol. The van der Waals surface area contributed by atoms with Crippen LogP contribution in [0, 0.1) is 0 Å². The molecule has 1 aromatic heterocycles. The lowest BCUT2D eigenvalue weighted by molar-refractivity contribution is 0.734. The van der Waals surface area contributed by atoms with Crippen molar-refractivity contribution >= 4 is 11.3 Å². The second kappa shape index (κ2) is 2.94. The van der Waals surface area contributed by atoms with Crippen molar-refractivity contribution in [2.24, 2.45) is 5.73 Å². The molecular formula is C6H10N2S. The molecule has 0 saturated heterocycles. The van der Waals surface area contributed by atoms with Gasteiger partial charge in [-0.3, -0.25) is 0 Å². The van der Waals surface area contributed by atoms with Crippen LogP contribution in [0.1, 0.15) is 11.9 Å². The standard InChI is InChI=1S/C6H10N2S/c1-5(7)4-6-8-2-3-9-6/h2-3,5H,4,7H2,1H3. The third kappa shape index (κ3) is 2.11. The van der Waals surface area contributed by atoms with Crippen molar-refractivity contribution in [3.63, 3.8) is 0 Å². The van der Waals surface area contributed by atoms with Crippen LogP contribution in [0.3, 0.4) is 0 Å². The Bertz CT molecular complexity index is 158. The molecular weight excluding hydrogens is 132 g/mol. The Balaban J connectivity index is 2.48. The van der Waals surface area contributed by atoms with Crippen molar-refractivity contribution in [3.8, 4) is 0 Å². The zero-order chi connectivity index (χ0) is 6.69. The van der Waals surface area contributed by atoms with Crippen LogP contribution in [0.2, 0.25) is 0 Å². The topological polar surface area (TPSA) is 38.9 Å². The molecule has 0 bridgehead atoms. The lowest BCUT2D eigenvalue weighted by atomic mass is 10.3. The van der Waals surface area contributed by atoms with Crippen molar-refractivity contribution < 1.29 is 0 Å². The number of nitrogens with two attached hydrogens (primary N) is 1. The molecule has 9 heavy (non-hydrogen) atoms. The molecule has 1 heterocycles. The first kappa shape index (κ1) is 6.71. The van der Waals surface area contributed by atoms with Crippen LogP contribution < -0.4 is 5.73 Å². The molecule has 0 spiro atoms. The van der Waals surface area contributed by atoms with Crippen LogP contribution in [0.15, 0.2) is 11.6 Å². The Morgan fingerprint density at radius 3 is 3.11 bits per heavy atom. The molecule has 50 valence electrons. The number of hydrogen-bond acceptors (Lipinski definition) is 3. The van der Waals surface area contributed by atoms with Gasteiger partial charge in [-0.2, -0.15) is 0 Å². The maximum absolute atomic E-state index is 5.55. The Morgan fingerprint density at radius 2 is 2.67 bits per heavy atom. The summed E-state index contributed by atoms with van der Waals surface area (Å²) in [6.07, 6.45) is 2.71. The SMILES string of the molecule is CC(N)Cc1nccs1. The van der Waals surface area contributed by atoms with Gasteiger partial charge >= 0.3 is 0 Å². The Morgan fingerprint density at radius 1 is 1.89 bits per heavy atom. The minimum atomic E-state index is 0.233. The number of aromatic nitrogens is 1. The summed E-state index contributed by atoms with van der Waals surface area (Å²) < 4.78 is 0. The van der Waals surface area contributed by atoms with Gasteiger partial charge in [0.1, 0.15) is 0 Å². The third-order valence-electron chi connectivity index (χ3n) is 0.980. The highest BCUT2D eigenvalue weighted by Crippen LogP contribution is 2.05. The molecule has 1 aromatic rings. The van der Waals surface area contributed by atoms with Crippen LogP contribution >= 0.6 is 11.3 Å². The molecule has 1 rings (SSSR count). The zero-order valence-electron chi connectivity index (χ0n) is 5.37. The monoisotopic (exact) mass is 142 g/mol. The van der Waals surface area contributed by atoms with E-state index < -0.39 is 0 Å². The van der Waals surface area contributed by atoms with Crippen molar-refractivity contribution in [2.75, 3.05) is 0 Å². The van der Waals surface area contributed by atoms with E-state index in [9.17, 15) is 0 Å². The first-order valence-corrected chi connectivity index (χ1v) is 3.81. The number of nitrogens with zero attached hydrogens (tertiary/aromatic N) is 1. The van der Waals surface area contributed by atoms with E-state index in [1.54, 1.807) is 11.3 Å². The number of thiazole rings is 1. The molecule has 0 aliphatic carbocycles. The fourth-order valence-electron chi connectivity index (χ4n) is 0.629. The predicted octanol–water partition coefficient (Wildman–Crippen LogP) is 1.03. The Hall–Kier alpha value is -0.410. The molecule has 0 aliphatic heterocycles. The summed E-state index contributed by atoms with van der Waals surface area (Å²) in [6.45, 7) is 1.99. The van der Waals surface area contributed by atoms with Gasteiger partial charge in [0, 0.05) is 24.0 Å². The van der Waals surface area contributed by atoms with E-state index in [1.807, 2.05) is 18.5 Å². The van der Waals surface area contributed by atoms with Crippen LogP contribution in [-0.4, -0.2) is 11.0 Å². The van der Waals surface area contributed by atoms with Gasteiger partial charge in [0.15, 0.2) is 0 Å². The maximum Gasteiger partial charge on any atom is 0.0940 e. The highest BCUT2D eigenvalue weighted by atomic mass is 32.1. The third-order valence-corrected chi connectivity index (χ3v) is 1.78. The van der Waals surface area contributed by atoms with Gasteiger partial charge in [0.2, 0.25) is 0 Å². The molecule has 0 amide bonds. The zero-order valence-corrected chi connectivity index (χ0v) is 6.19. The lowest BCUT2D eigenvalue weighted by Crippen LogP contribution is -2.17. The summed E-state index contributed by atoms with van der Waals surface area (Å²) in [6, 6.07) is 0.233. The van der Waals surface area contributed by atoms with Gasteiger partial charge in [0.25, 0.3) is 0 Å². The fourth-order valence-corrected chi connectivity index (χ4v) is 1.39. The maximum atomic E-state index is 5.55. The Labute approximate surface area is 58.7 Å². The van der Waals surface area contributed by atoms with Gasteiger partial charge in [0.05, 0.1) is 5.01 Å². The van der Waals surface area contributed by atoms with Gasteiger partial charge in [-0.1, -0.05) is 0 Å². The largest absolute Gasteiger partial charge is 0.328 e. The first-order chi connectivity index (χ1) is 4.29. The van der Waals surface area contributed by atoms with Gasteiger partial charge in [-0.15, -0.1) is 11.3 Å². The van der Waals surface area contributed by atoms with Crippen LogP contribution in [0.25, 0.3) is 0 Å². The quantitative estimate of drug-likeness (QED) is 0.670. The molecule has 0 aromatic carbocycles. The molecule has 1 atom stereocenters. The summed E-state index contributed by atoms with van der Waals surface area (Å²) in [7, 11) is 0. The predicted molar refractivity (Wildman–Crippen MR) is 39.5 cm³/mol. The van der Waals surface area contributed by atoms with E-state index in [1.165, 1.54) is 0 Å². The molecule has 2 nitrogen and oxygen atoms in total.